The summed E-state index contributed by atoms with van der Waals surface area (Å²) in [5, 5.41) is 3.13. The van der Waals surface area contributed by atoms with Crippen molar-refractivity contribution in [1.82, 2.24) is 9.88 Å². The number of carbonyl (C=O) groups is 1. The molecular weight excluding hydrogens is 318 g/mol. The molecular formula is C19H23N3O3. The number of nitrogens with zero attached hydrogens (tertiary/aromatic N) is 2. The number of hydrogen-bond acceptors (Lipinski definition) is 5. The van der Waals surface area contributed by atoms with Crippen LogP contribution in [0.1, 0.15) is 27.8 Å². The zero-order valence-corrected chi connectivity index (χ0v) is 14.8. The standard InChI is InChI=1S/C19H23N3O3/c1-13-10-14(20-2)11-16(21-13)18-12-22(8-9-25-18)19(23)15-6-4-5-7-17(15)24-3/h4-7,10-11,18H,8-9,12H2,1-3H3,(H,20,21)/t18-/m1/s1. The van der Waals surface area contributed by atoms with Gasteiger partial charge in [-0.05, 0) is 31.2 Å². The van der Waals surface area contributed by atoms with E-state index in [-0.39, 0.29) is 12.0 Å². The monoisotopic (exact) mass is 341 g/mol. The number of carbonyl (C=O) groups excluding carboxylic acids is 1. The molecule has 3 rings (SSSR count). The van der Waals surface area contributed by atoms with Crippen LogP contribution in [0.4, 0.5) is 5.69 Å². The maximum Gasteiger partial charge on any atom is 0.257 e. The maximum atomic E-state index is 12.9. The van der Waals surface area contributed by atoms with Gasteiger partial charge in [0.25, 0.3) is 5.91 Å². The van der Waals surface area contributed by atoms with Crippen LogP contribution in [-0.4, -0.2) is 49.6 Å². The van der Waals surface area contributed by atoms with Crippen molar-refractivity contribution in [3.8, 4) is 5.75 Å². The van der Waals surface area contributed by atoms with Crippen LogP contribution in [0.5, 0.6) is 5.75 Å². The van der Waals surface area contributed by atoms with E-state index < -0.39 is 0 Å². The SMILES string of the molecule is CNc1cc(C)nc([C@H]2CN(C(=O)c3ccccc3OC)CCO2)c1. The minimum absolute atomic E-state index is 0.0488. The number of morpholine rings is 1. The van der Waals surface area contributed by atoms with Crippen LogP contribution in [0.15, 0.2) is 36.4 Å². The minimum atomic E-state index is -0.237. The molecule has 6 nitrogen and oxygen atoms in total. The van der Waals surface area contributed by atoms with Gasteiger partial charge in [0.1, 0.15) is 11.9 Å². The number of hydrogen-bond donors (Lipinski definition) is 1. The fourth-order valence-electron chi connectivity index (χ4n) is 3.01. The summed E-state index contributed by atoms with van der Waals surface area (Å²) in [6.45, 7) is 3.45. The number of aromatic nitrogens is 1. The molecule has 0 bridgehead atoms. The van der Waals surface area contributed by atoms with E-state index >= 15 is 0 Å². The second kappa shape index (κ2) is 7.53. The molecule has 0 saturated carbocycles. The average Bonchev–Trinajstić information content (AvgIpc) is 2.67. The first-order valence-corrected chi connectivity index (χ1v) is 8.32. The van der Waals surface area contributed by atoms with Gasteiger partial charge < -0.3 is 19.7 Å². The molecule has 1 N–H and O–H groups in total. The predicted octanol–water partition coefficient (Wildman–Crippen LogP) is 2.65. The zero-order valence-electron chi connectivity index (χ0n) is 14.8. The summed E-state index contributed by atoms with van der Waals surface area (Å²) in [4.78, 5) is 19.3. The third kappa shape index (κ3) is 3.74. The van der Waals surface area contributed by atoms with Crippen LogP contribution < -0.4 is 10.1 Å². The van der Waals surface area contributed by atoms with Crippen LogP contribution in [0.25, 0.3) is 0 Å². The highest BCUT2D eigenvalue weighted by Crippen LogP contribution is 2.26. The van der Waals surface area contributed by atoms with E-state index in [0.29, 0.717) is 31.0 Å². The number of rotatable bonds is 4. The maximum absolute atomic E-state index is 12.9. The number of benzene rings is 1. The third-order valence-corrected chi connectivity index (χ3v) is 4.28. The van der Waals surface area contributed by atoms with Crippen molar-refractivity contribution in [3.63, 3.8) is 0 Å². The van der Waals surface area contributed by atoms with E-state index in [9.17, 15) is 4.79 Å². The molecule has 6 heteroatoms. The minimum Gasteiger partial charge on any atom is -0.496 e. The Kier molecular flexibility index (Phi) is 5.19. The van der Waals surface area contributed by atoms with E-state index in [1.54, 1.807) is 24.1 Å². The van der Waals surface area contributed by atoms with Crippen molar-refractivity contribution in [3.05, 3.63) is 53.3 Å². The summed E-state index contributed by atoms with van der Waals surface area (Å²) in [5.41, 5.74) is 3.30. The molecule has 0 spiro atoms. The topological polar surface area (TPSA) is 63.7 Å². The fraction of sp³-hybridized carbons (Fsp3) is 0.368. The number of ether oxygens (including phenoxy) is 2. The number of methoxy groups -OCH3 is 1. The molecule has 0 radical (unpaired) electrons. The van der Waals surface area contributed by atoms with Gasteiger partial charge in [0, 0.05) is 25.0 Å². The largest absolute Gasteiger partial charge is 0.496 e. The molecule has 0 unspecified atom stereocenters. The van der Waals surface area contributed by atoms with Crippen molar-refractivity contribution in [1.29, 1.82) is 0 Å². The third-order valence-electron chi connectivity index (χ3n) is 4.28. The molecule has 1 saturated heterocycles. The van der Waals surface area contributed by atoms with Crippen LogP contribution in [0.2, 0.25) is 0 Å². The van der Waals surface area contributed by atoms with Gasteiger partial charge in [-0.15, -0.1) is 0 Å². The molecule has 1 fully saturated rings. The van der Waals surface area contributed by atoms with E-state index in [1.165, 1.54) is 0 Å². The molecule has 2 heterocycles. The lowest BCUT2D eigenvalue weighted by Crippen LogP contribution is -2.42. The summed E-state index contributed by atoms with van der Waals surface area (Å²) >= 11 is 0. The Morgan fingerprint density at radius 3 is 2.92 bits per heavy atom. The van der Waals surface area contributed by atoms with Gasteiger partial charge in [-0.1, -0.05) is 12.1 Å². The number of anilines is 1. The Bertz CT molecular complexity index is 763. The molecule has 1 amide bonds. The Balaban J connectivity index is 1.81. The first kappa shape index (κ1) is 17.2. The number of para-hydroxylation sites is 1. The summed E-state index contributed by atoms with van der Waals surface area (Å²) in [6, 6.07) is 11.2. The van der Waals surface area contributed by atoms with Crippen LogP contribution in [-0.2, 0) is 4.74 Å². The lowest BCUT2D eigenvalue weighted by Gasteiger charge is -2.33. The fourth-order valence-corrected chi connectivity index (χ4v) is 3.01. The van der Waals surface area contributed by atoms with Crippen LogP contribution in [0.3, 0.4) is 0 Å². The second-order valence-corrected chi connectivity index (χ2v) is 5.98. The number of pyridine rings is 1. The van der Waals surface area contributed by atoms with Gasteiger partial charge in [0.05, 0.1) is 31.5 Å². The molecule has 1 aliphatic heterocycles. The van der Waals surface area contributed by atoms with Gasteiger partial charge in [-0.25, -0.2) is 0 Å². The highest BCUT2D eigenvalue weighted by Gasteiger charge is 2.28. The Morgan fingerprint density at radius 2 is 2.16 bits per heavy atom. The molecule has 1 aromatic carbocycles. The molecule has 1 atom stereocenters. The highest BCUT2D eigenvalue weighted by molar-refractivity contribution is 5.97. The van der Waals surface area contributed by atoms with Gasteiger partial charge in [0.15, 0.2) is 0 Å². The normalized spacial score (nSPS) is 17.2. The first-order valence-electron chi connectivity index (χ1n) is 8.32. The quantitative estimate of drug-likeness (QED) is 0.926. The zero-order chi connectivity index (χ0) is 17.8. The molecule has 132 valence electrons. The molecule has 25 heavy (non-hydrogen) atoms. The Morgan fingerprint density at radius 1 is 1.36 bits per heavy atom. The van der Waals surface area contributed by atoms with Gasteiger partial charge >= 0.3 is 0 Å². The lowest BCUT2D eigenvalue weighted by molar-refractivity contribution is -0.0248. The smallest absolute Gasteiger partial charge is 0.257 e. The van der Waals surface area contributed by atoms with Crippen molar-refractivity contribution >= 4 is 11.6 Å². The molecule has 1 aromatic heterocycles. The molecule has 0 aliphatic carbocycles. The van der Waals surface area contributed by atoms with Gasteiger partial charge in [-0.3, -0.25) is 9.78 Å². The van der Waals surface area contributed by atoms with E-state index in [4.69, 9.17) is 9.47 Å². The predicted molar refractivity (Wildman–Crippen MR) is 96.1 cm³/mol. The lowest BCUT2D eigenvalue weighted by atomic mass is 10.1. The second-order valence-electron chi connectivity index (χ2n) is 5.98. The Hall–Kier alpha value is -2.60. The Labute approximate surface area is 147 Å². The molecule has 1 aliphatic rings. The summed E-state index contributed by atoms with van der Waals surface area (Å²) < 4.78 is 11.2. The van der Waals surface area contributed by atoms with E-state index in [1.807, 2.05) is 38.2 Å². The first-order chi connectivity index (χ1) is 12.1. The van der Waals surface area contributed by atoms with E-state index in [0.717, 1.165) is 17.1 Å². The van der Waals surface area contributed by atoms with E-state index in [2.05, 4.69) is 10.3 Å². The summed E-state index contributed by atoms with van der Waals surface area (Å²) in [5.74, 6) is 0.536. The average molecular weight is 341 g/mol. The van der Waals surface area contributed by atoms with Gasteiger partial charge in [0.2, 0.25) is 0 Å². The van der Waals surface area contributed by atoms with Crippen LogP contribution in [0, 0.1) is 6.92 Å². The van der Waals surface area contributed by atoms with Crippen molar-refractivity contribution < 1.29 is 14.3 Å². The number of nitrogens with one attached hydrogen (secondary N) is 1. The summed E-state index contributed by atoms with van der Waals surface area (Å²) in [7, 11) is 3.45. The molecule has 2 aromatic rings. The van der Waals surface area contributed by atoms with Crippen molar-refractivity contribution in [2.24, 2.45) is 0 Å². The number of aryl methyl sites for hydroxylation is 1. The van der Waals surface area contributed by atoms with Crippen molar-refractivity contribution in [2.45, 2.75) is 13.0 Å². The van der Waals surface area contributed by atoms with Crippen LogP contribution >= 0.6 is 0 Å². The van der Waals surface area contributed by atoms with Gasteiger partial charge in [-0.2, -0.15) is 0 Å². The summed E-state index contributed by atoms with van der Waals surface area (Å²) in [6.07, 6.45) is -0.237. The highest BCUT2D eigenvalue weighted by atomic mass is 16.5. The van der Waals surface area contributed by atoms with Crippen molar-refractivity contribution in [2.75, 3.05) is 39.2 Å². The number of amides is 1.